The van der Waals surface area contributed by atoms with Crippen LogP contribution in [0.4, 0.5) is 13.2 Å². The monoisotopic (exact) mass is 380 g/mol. The SMILES string of the molecule is COC(=O)c1ccc(S(=O)(=O)N2CCC(CN)CC2)cc1C(F)(F)F. The number of carbonyl (C=O) groups is 1. The highest BCUT2D eigenvalue weighted by molar-refractivity contribution is 7.89. The van der Waals surface area contributed by atoms with Crippen molar-refractivity contribution in [2.75, 3.05) is 26.7 Å². The van der Waals surface area contributed by atoms with E-state index in [9.17, 15) is 26.4 Å². The topological polar surface area (TPSA) is 89.7 Å². The number of alkyl halides is 3. The van der Waals surface area contributed by atoms with Crippen molar-refractivity contribution < 1.29 is 31.1 Å². The minimum absolute atomic E-state index is 0.199. The Morgan fingerprint density at radius 1 is 1.32 bits per heavy atom. The lowest BCUT2D eigenvalue weighted by molar-refractivity contribution is -0.138. The van der Waals surface area contributed by atoms with E-state index in [-0.39, 0.29) is 19.0 Å². The molecule has 0 aromatic heterocycles. The third kappa shape index (κ3) is 4.13. The first-order valence-electron chi connectivity index (χ1n) is 7.61. The van der Waals surface area contributed by atoms with Crippen molar-refractivity contribution in [1.82, 2.24) is 4.31 Å². The van der Waals surface area contributed by atoms with Crippen molar-refractivity contribution in [3.63, 3.8) is 0 Å². The smallest absolute Gasteiger partial charge is 0.417 e. The number of nitrogens with two attached hydrogens (primary N) is 1. The molecule has 0 atom stereocenters. The van der Waals surface area contributed by atoms with Crippen molar-refractivity contribution in [2.45, 2.75) is 23.9 Å². The van der Waals surface area contributed by atoms with E-state index in [1.54, 1.807) is 0 Å². The van der Waals surface area contributed by atoms with Gasteiger partial charge in [0.05, 0.1) is 23.1 Å². The van der Waals surface area contributed by atoms with E-state index in [0.29, 0.717) is 25.5 Å². The van der Waals surface area contributed by atoms with Crippen LogP contribution in [-0.2, 0) is 20.9 Å². The standard InChI is InChI=1S/C15H19F3N2O4S/c1-24-14(21)12-3-2-11(8-13(12)15(16,17)18)25(22,23)20-6-4-10(9-19)5-7-20/h2-3,8,10H,4-7,9,19H2,1H3. The summed E-state index contributed by atoms with van der Waals surface area (Å²) in [7, 11) is -3.13. The van der Waals surface area contributed by atoms with Gasteiger partial charge in [-0.15, -0.1) is 0 Å². The van der Waals surface area contributed by atoms with Gasteiger partial charge in [-0.25, -0.2) is 13.2 Å². The lowest BCUT2D eigenvalue weighted by atomic mass is 9.99. The van der Waals surface area contributed by atoms with Crippen molar-refractivity contribution in [1.29, 1.82) is 0 Å². The Labute approximate surface area is 143 Å². The van der Waals surface area contributed by atoms with Crippen LogP contribution in [0.5, 0.6) is 0 Å². The molecule has 0 aliphatic carbocycles. The molecule has 1 aromatic rings. The number of hydrogen-bond donors (Lipinski definition) is 1. The quantitative estimate of drug-likeness (QED) is 0.806. The first-order valence-corrected chi connectivity index (χ1v) is 9.05. The van der Waals surface area contributed by atoms with E-state index >= 15 is 0 Å². The number of sulfonamides is 1. The van der Waals surface area contributed by atoms with E-state index in [1.165, 1.54) is 0 Å². The van der Waals surface area contributed by atoms with Crippen molar-refractivity contribution in [3.8, 4) is 0 Å². The molecule has 1 heterocycles. The largest absolute Gasteiger partial charge is 0.465 e. The molecule has 25 heavy (non-hydrogen) atoms. The summed E-state index contributed by atoms with van der Waals surface area (Å²) < 4.78 is 70.4. The number of hydrogen-bond acceptors (Lipinski definition) is 5. The molecule has 0 saturated carbocycles. The summed E-state index contributed by atoms with van der Waals surface area (Å²) in [6.45, 7) is 0.842. The molecular formula is C15H19F3N2O4S. The van der Waals surface area contributed by atoms with Gasteiger partial charge in [0, 0.05) is 13.1 Å². The van der Waals surface area contributed by atoms with E-state index < -0.39 is 38.2 Å². The fourth-order valence-electron chi connectivity index (χ4n) is 2.74. The van der Waals surface area contributed by atoms with Gasteiger partial charge >= 0.3 is 12.1 Å². The Balaban J connectivity index is 2.40. The Morgan fingerprint density at radius 2 is 1.92 bits per heavy atom. The van der Waals surface area contributed by atoms with Gasteiger partial charge in [-0.3, -0.25) is 0 Å². The van der Waals surface area contributed by atoms with Gasteiger partial charge in [0.15, 0.2) is 0 Å². The van der Waals surface area contributed by atoms with Crippen LogP contribution >= 0.6 is 0 Å². The van der Waals surface area contributed by atoms with Gasteiger partial charge < -0.3 is 10.5 Å². The molecule has 2 N–H and O–H groups in total. The molecule has 6 nitrogen and oxygen atoms in total. The van der Waals surface area contributed by atoms with Crippen molar-refractivity contribution >= 4 is 16.0 Å². The highest BCUT2D eigenvalue weighted by Crippen LogP contribution is 2.35. The third-order valence-electron chi connectivity index (χ3n) is 4.25. The number of piperidine rings is 1. The van der Waals surface area contributed by atoms with Gasteiger partial charge in [-0.2, -0.15) is 17.5 Å². The van der Waals surface area contributed by atoms with Gasteiger partial charge in [0.2, 0.25) is 10.0 Å². The maximum Gasteiger partial charge on any atom is 0.417 e. The number of rotatable bonds is 4. The van der Waals surface area contributed by atoms with Crippen molar-refractivity contribution in [3.05, 3.63) is 29.3 Å². The molecule has 1 aliphatic rings. The highest BCUT2D eigenvalue weighted by atomic mass is 32.2. The van der Waals surface area contributed by atoms with Gasteiger partial charge in [0.1, 0.15) is 0 Å². The molecule has 0 amide bonds. The van der Waals surface area contributed by atoms with Crippen LogP contribution < -0.4 is 5.73 Å². The zero-order valence-corrected chi connectivity index (χ0v) is 14.4. The zero-order valence-electron chi connectivity index (χ0n) is 13.5. The summed E-state index contributed by atoms with van der Waals surface area (Å²) in [4.78, 5) is 11.0. The fraction of sp³-hybridized carbons (Fsp3) is 0.533. The number of carbonyl (C=O) groups excluding carboxylic acids is 1. The van der Waals surface area contributed by atoms with Crippen LogP contribution in [0.2, 0.25) is 0 Å². The Bertz CT molecular complexity index is 742. The van der Waals surface area contributed by atoms with E-state index in [4.69, 9.17) is 5.73 Å². The van der Waals surface area contributed by atoms with Crippen LogP contribution in [0.25, 0.3) is 0 Å². The van der Waals surface area contributed by atoms with Crippen LogP contribution in [-0.4, -0.2) is 45.4 Å². The Morgan fingerprint density at radius 3 is 2.40 bits per heavy atom. The normalized spacial score (nSPS) is 17.5. The van der Waals surface area contributed by atoms with Crippen LogP contribution in [0.3, 0.4) is 0 Å². The minimum atomic E-state index is -4.89. The van der Waals surface area contributed by atoms with E-state index in [0.717, 1.165) is 23.5 Å². The molecular weight excluding hydrogens is 361 g/mol. The highest BCUT2D eigenvalue weighted by Gasteiger charge is 2.38. The third-order valence-corrected chi connectivity index (χ3v) is 6.14. The summed E-state index contributed by atoms with van der Waals surface area (Å²) in [6.07, 6.45) is -3.77. The number of halogens is 3. The lowest BCUT2D eigenvalue weighted by Gasteiger charge is -2.30. The maximum absolute atomic E-state index is 13.2. The second kappa shape index (κ2) is 7.30. The van der Waals surface area contributed by atoms with Crippen molar-refractivity contribution in [2.24, 2.45) is 11.7 Å². The van der Waals surface area contributed by atoms with Crippen LogP contribution in [0.1, 0.15) is 28.8 Å². The summed E-state index contributed by atoms with van der Waals surface area (Å²) in [5.41, 5.74) is 3.50. The molecule has 0 spiro atoms. The molecule has 1 aliphatic heterocycles. The number of benzene rings is 1. The average Bonchev–Trinajstić information content (AvgIpc) is 2.59. The number of nitrogens with zero attached hydrogens (tertiary/aromatic N) is 1. The summed E-state index contributed by atoms with van der Waals surface area (Å²) in [6, 6.07) is 2.30. The maximum atomic E-state index is 13.2. The molecule has 10 heteroatoms. The van der Waals surface area contributed by atoms with Gasteiger partial charge in [0.25, 0.3) is 0 Å². The first-order chi connectivity index (χ1) is 11.6. The average molecular weight is 380 g/mol. The van der Waals surface area contributed by atoms with Gasteiger partial charge in [-0.1, -0.05) is 0 Å². The molecule has 0 bridgehead atoms. The van der Waals surface area contributed by atoms with Crippen LogP contribution in [0, 0.1) is 5.92 Å². The molecule has 140 valence electrons. The Hall–Kier alpha value is -1.65. The van der Waals surface area contributed by atoms with E-state index in [2.05, 4.69) is 4.74 Å². The second-order valence-corrected chi connectivity index (χ2v) is 7.72. The summed E-state index contributed by atoms with van der Waals surface area (Å²) in [5.74, 6) is -0.973. The second-order valence-electron chi connectivity index (χ2n) is 5.78. The first kappa shape index (κ1) is 19.7. The number of esters is 1. The van der Waals surface area contributed by atoms with Gasteiger partial charge in [-0.05, 0) is 43.5 Å². The summed E-state index contributed by atoms with van der Waals surface area (Å²) in [5, 5.41) is 0. The van der Waals surface area contributed by atoms with E-state index in [1.807, 2.05) is 0 Å². The molecule has 0 unspecified atom stereocenters. The number of methoxy groups -OCH3 is 1. The number of ether oxygens (including phenoxy) is 1. The zero-order chi connectivity index (χ0) is 18.8. The Kier molecular flexibility index (Phi) is 5.75. The molecule has 1 fully saturated rings. The molecule has 2 rings (SSSR count). The molecule has 0 radical (unpaired) electrons. The fourth-order valence-corrected chi connectivity index (χ4v) is 4.24. The predicted octanol–water partition coefficient (Wildman–Crippen LogP) is 1.85. The molecule has 1 aromatic carbocycles. The lowest BCUT2D eigenvalue weighted by Crippen LogP contribution is -2.40. The summed E-state index contributed by atoms with van der Waals surface area (Å²) >= 11 is 0. The van der Waals surface area contributed by atoms with Crippen LogP contribution in [0.15, 0.2) is 23.1 Å². The molecule has 1 saturated heterocycles. The predicted molar refractivity (Wildman–Crippen MR) is 83.3 cm³/mol. The minimum Gasteiger partial charge on any atom is -0.465 e.